The molecule has 1 saturated heterocycles. The number of halogens is 1. The molecule has 0 aliphatic carbocycles. The van der Waals surface area contributed by atoms with Crippen LogP contribution in [0.2, 0.25) is 0 Å². The summed E-state index contributed by atoms with van der Waals surface area (Å²) < 4.78 is 14.1. The molecule has 1 atom stereocenters. The first-order chi connectivity index (χ1) is 13.6. The summed E-state index contributed by atoms with van der Waals surface area (Å²) >= 11 is 1.38. The zero-order valence-electron chi connectivity index (χ0n) is 15.2. The van der Waals surface area contributed by atoms with Gasteiger partial charge in [-0.15, -0.1) is 18.3 Å². The average molecular weight is 397 g/mol. The van der Waals surface area contributed by atoms with Crippen LogP contribution in [0.25, 0.3) is 0 Å². The van der Waals surface area contributed by atoms with E-state index in [1.165, 1.54) is 28.8 Å². The van der Waals surface area contributed by atoms with Gasteiger partial charge in [0, 0.05) is 24.4 Å². The van der Waals surface area contributed by atoms with Crippen molar-refractivity contribution in [1.29, 1.82) is 0 Å². The third-order valence-corrected chi connectivity index (χ3v) is 6.40. The smallest absolute Gasteiger partial charge is 0.319 e. The zero-order valence-corrected chi connectivity index (χ0v) is 16.0. The van der Waals surface area contributed by atoms with E-state index in [1.807, 2.05) is 30.3 Å². The Labute approximate surface area is 167 Å². The number of nitrogens with one attached hydrogen (secondary N) is 1. The highest BCUT2D eigenvalue weighted by Crippen LogP contribution is 2.54. The number of rotatable bonds is 4. The molecule has 0 saturated carbocycles. The molecule has 5 nitrogen and oxygen atoms in total. The Hall–Kier alpha value is -2.80. The number of anilines is 1. The Balaban J connectivity index is 1.78. The normalized spacial score (nSPS) is 20.5. The molecule has 2 aliphatic heterocycles. The van der Waals surface area contributed by atoms with E-state index in [0.29, 0.717) is 36.6 Å². The van der Waals surface area contributed by atoms with E-state index in [4.69, 9.17) is 0 Å². The molecule has 4 rings (SSSR count). The molecule has 0 aromatic heterocycles. The lowest BCUT2D eigenvalue weighted by molar-refractivity contribution is -0.123. The lowest BCUT2D eigenvalue weighted by Gasteiger charge is -2.33. The van der Waals surface area contributed by atoms with Gasteiger partial charge in [-0.25, -0.2) is 9.18 Å². The zero-order chi connectivity index (χ0) is 19.7. The first-order valence-electron chi connectivity index (χ1n) is 9.04. The van der Waals surface area contributed by atoms with Crippen LogP contribution in [0, 0.1) is 5.82 Å². The molecule has 1 N–H and O–H groups in total. The van der Waals surface area contributed by atoms with Crippen molar-refractivity contribution < 1.29 is 14.0 Å². The number of hydrogen-bond donors (Lipinski definition) is 1. The van der Waals surface area contributed by atoms with Crippen LogP contribution in [0.3, 0.4) is 0 Å². The molecular weight excluding hydrogens is 377 g/mol. The van der Waals surface area contributed by atoms with Gasteiger partial charge in [-0.3, -0.25) is 9.69 Å². The predicted molar refractivity (Wildman–Crippen MR) is 108 cm³/mol. The summed E-state index contributed by atoms with van der Waals surface area (Å²) in [6.45, 7) is 4.68. The molecule has 2 aromatic rings. The van der Waals surface area contributed by atoms with Gasteiger partial charge in [0.2, 0.25) is 0 Å². The van der Waals surface area contributed by atoms with Crippen molar-refractivity contribution in [1.82, 2.24) is 10.2 Å². The van der Waals surface area contributed by atoms with Crippen molar-refractivity contribution in [2.45, 2.75) is 11.4 Å². The van der Waals surface area contributed by atoms with Gasteiger partial charge in [-0.2, -0.15) is 0 Å². The van der Waals surface area contributed by atoms with E-state index in [9.17, 15) is 14.0 Å². The number of carbonyl (C=O) groups excluding carboxylic acids is 2. The van der Waals surface area contributed by atoms with Gasteiger partial charge in [-0.1, -0.05) is 36.4 Å². The van der Waals surface area contributed by atoms with Crippen LogP contribution in [0.5, 0.6) is 0 Å². The molecule has 3 amide bonds. The van der Waals surface area contributed by atoms with Crippen LogP contribution >= 0.6 is 11.8 Å². The number of fused-ring (bicyclic) bond motifs is 2. The van der Waals surface area contributed by atoms with Gasteiger partial charge < -0.3 is 10.2 Å². The average Bonchev–Trinajstić information content (AvgIpc) is 3.24. The number of benzene rings is 2. The summed E-state index contributed by atoms with van der Waals surface area (Å²) in [5, 5.41) is 2.75. The monoisotopic (exact) mass is 397 g/mol. The fraction of sp³-hybridized carbons (Fsp3) is 0.238. The molecule has 144 valence electrons. The topological polar surface area (TPSA) is 52.7 Å². The van der Waals surface area contributed by atoms with Gasteiger partial charge in [0.15, 0.2) is 4.87 Å². The maximum Gasteiger partial charge on any atom is 0.319 e. The first kappa shape index (κ1) is 18.6. The molecule has 2 aliphatic rings. The van der Waals surface area contributed by atoms with Gasteiger partial charge >= 0.3 is 6.03 Å². The predicted octanol–water partition coefficient (Wildman–Crippen LogP) is 3.47. The molecule has 1 unspecified atom stereocenters. The minimum Gasteiger partial charge on any atom is -0.334 e. The Kier molecular flexibility index (Phi) is 4.85. The highest BCUT2D eigenvalue weighted by molar-refractivity contribution is 8.01. The van der Waals surface area contributed by atoms with Crippen LogP contribution in [0.1, 0.15) is 11.1 Å². The van der Waals surface area contributed by atoms with Crippen molar-refractivity contribution in [3.63, 3.8) is 0 Å². The second-order valence-electron chi connectivity index (χ2n) is 6.66. The molecule has 28 heavy (non-hydrogen) atoms. The van der Waals surface area contributed by atoms with Gasteiger partial charge in [-0.05, 0) is 23.8 Å². The van der Waals surface area contributed by atoms with E-state index >= 15 is 0 Å². The van der Waals surface area contributed by atoms with Crippen LogP contribution in [0.15, 0.2) is 61.2 Å². The fourth-order valence-electron chi connectivity index (χ4n) is 3.77. The minimum atomic E-state index is -1.24. The van der Waals surface area contributed by atoms with E-state index in [0.717, 1.165) is 5.56 Å². The summed E-state index contributed by atoms with van der Waals surface area (Å²) in [5.74, 6) is -0.0396. The molecule has 1 spiro atoms. The SMILES string of the molecule is C=CCNC(=O)N1CCSC12C(=O)N(Cc1ccccc1)c1ccc(F)cc12. The quantitative estimate of drug-likeness (QED) is 0.804. The third kappa shape index (κ3) is 2.86. The van der Waals surface area contributed by atoms with Crippen LogP contribution < -0.4 is 10.2 Å². The van der Waals surface area contributed by atoms with Crippen LogP contribution in [-0.4, -0.2) is 35.7 Å². The van der Waals surface area contributed by atoms with E-state index < -0.39 is 10.7 Å². The number of urea groups is 1. The van der Waals surface area contributed by atoms with Gasteiger partial charge in [0.1, 0.15) is 5.82 Å². The van der Waals surface area contributed by atoms with Crippen molar-refractivity contribution in [3.05, 3.63) is 78.1 Å². The number of carbonyl (C=O) groups is 2. The van der Waals surface area contributed by atoms with Gasteiger partial charge in [0.05, 0.1) is 12.2 Å². The summed E-state index contributed by atoms with van der Waals surface area (Å²) in [5.41, 5.74) is 2.14. The standard InChI is InChI=1S/C21H20FN3O2S/c1-2-10-23-20(27)25-11-12-28-21(25)17-13-16(22)8-9-18(17)24(19(21)26)14-15-6-4-3-5-7-15/h2-9,13H,1,10-12,14H2,(H,23,27). The van der Waals surface area contributed by atoms with Crippen molar-refractivity contribution in [2.75, 3.05) is 23.7 Å². The highest BCUT2D eigenvalue weighted by atomic mass is 32.2. The highest BCUT2D eigenvalue weighted by Gasteiger charge is 2.59. The summed E-state index contributed by atoms with van der Waals surface area (Å²) in [4.78, 5) is 28.3. The second kappa shape index (κ2) is 7.31. The van der Waals surface area contributed by atoms with E-state index in [2.05, 4.69) is 11.9 Å². The molecule has 0 radical (unpaired) electrons. The van der Waals surface area contributed by atoms with Crippen molar-refractivity contribution in [2.24, 2.45) is 0 Å². The van der Waals surface area contributed by atoms with Crippen LogP contribution in [-0.2, 0) is 16.2 Å². The first-order valence-corrected chi connectivity index (χ1v) is 10.0. The van der Waals surface area contributed by atoms with Gasteiger partial charge in [0.25, 0.3) is 5.91 Å². The molecule has 0 bridgehead atoms. The van der Waals surface area contributed by atoms with Crippen LogP contribution in [0.4, 0.5) is 14.9 Å². The number of hydrogen-bond acceptors (Lipinski definition) is 3. The summed E-state index contributed by atoms with van der Waals surface area (Å²) in [6.07, 6.45) is 1.58. The fourth-order valence-corrected chi connectivity index (χ4v) is 5.22. The number of nitrogens with zero attached hydrogens (tertiary/aromatic N) is 2. The maximum atomic E-state index is 14.1. The Morgan fingerprint density at radius 2 is 2.07 bits per heavy atom. The van der Waals surface area contributed by atoms with E-state index in [-0.39, 0.29) is 11.9 Å². The molecule has 7 heteroatoms. The lowest BCUT2D eigenvalue weighted by atomic mass is 10.1. The lowest BCUT2D eigenvalue weighted by Crippen LogP contribution is -2.53. The summed E-state index contributed by atoms with van der Waals surface area (Å²) in [6, 6.07) is 13.6. The third-order valence-electron chi connectivity index (χ3n) is 4.98. The Morgan fingerprint density at radius 1 is 1.29 bits per heavy atom. The van der Waals surface area contributed by atoms with E-state index in [1.54, 1.807) is 17.0 Å². The number of amides is 3. The minimum absolute atomic E-state index is 0.215. The second-order valence-corrected chi connectivity index (χ2v) is 7.94. The summed E-state index contributed by atoms with van der Waals surface area (Å²) in [7, 11) is 0. The molecule has 1 fully saturated rings. The Bertz CT molecular complexity index is 937. The van der Waals surface area contributed by atoms with Crippen molar-refractivity contribution in [3.8, 4) is 0 Å². The maximum absolute atomic E-state index is 14.1. The Morgan fingerprint density at radius 3 is 2.82 bits per heavy atom. The molecule has 2 heterocycles. The number of thioether (sulfide) groups is 1. The molecule has 2 aromatic carbocycles. The largest absolute Gasteiger partial charge is 0.334 e. The van der Waals surface area contributed by atoms with Crippen molar-refractivity contribution >= 4 is 29.4 Å². The molecular formula is C21H20FN3O2S.